The van der Waals surface area contributed by atoms with Gasteiger partial charge in [0.25, 0.3) is 0 Å². The Hall–Kier alpha value is -1.13. The number of anilines is 1. The first-order valence-electron chi connectivity index (χ1n) is 5.81. The minimum Gasteiger partial charge on any atom is -0.384 e. The van der Waals surface area contributed by atoms with Gasteiger partial charge < -0.3 is 10.6 Å². The largest absolute Gasteiger partial charge is 0.384 e. The molecule has 1 saturated heterocycles. The molecule has 0 bridgehead atoms. The van der Waals surface area contributed by atoms with Crippen LogP contribution in [0.1, 0.15) is 18.5 Å². The molecule has 4 nitrogen and oxygen atoms in total. The Balaban J connectivity index is 2.01. The fourth-order valence-corrected chi connectivity index (χ4v) is 2.08. The number of aromatic nitrogens is 1. The van der Waals surface area contributed by atoms with E-state index in [1.165, 1.54) is 5.56 Å². The number of pyridine rings is 1. The number of likely N-dealkylation sites (N-methyl/N-ethyl adjacent to an activating group) is 1. The summed E-state index contributed by atoms with van der Waals surface area (Å²) in [6.45, 7) is 6.78. The first-order chi connectivity index (χ1) is 7.66. The Morgan fingerprint density at radius 1 is 1.25 bits per heavy atom. The maximum absolute atomic E-state index is 5.59. The number of rotatable bonds is 2. The summed E-state index contributed by atoms with van der Waals surface area (Å²) < 4.78 is 0. The Labute approximate surface area is 97.1 Å². The molecule has 2 rings (SSSR count). The fourth-order valence-electron chi connectivity index (χ4n) is 2.08. The Morgan fingerprint density at radius 2 is 1.94 bits per heavy atom. The summed E-state index contributed by atoms with van der Waals surface area (Å²) in [7, 11) is 2.17. The highest BCUT2D eigenvalue weighted by Gasteiger charge is 2.20. The van der Waals surface area contributed by atoms with Crippen LogP contribution in [0.4, 0.5) is 5.82 Å². The second-order valence-electron chi connectivity index (χ2n) is 4.53. The van der Waals surface area contributed by atoms with E-state index in [1.807, 2.05) is 12.3 Å². The van der Waals surface area contributed by atoms with E-state index in [-0.39, 0.29) is 0 Å². The zero-order valence-electron chi connectivity index (χ0n) is 10.1. The van der Waals surface area contributed by atoms with Gasteiger partial charge in [-0.3, -0.25) is 4.90 Å². The highest BCUT2D eigenvalue weighted by molar-refractivity contribution is 5.30. The number of hydrogen-bond donors (Lipinski definition) is 1. The van der Waals surface area contributed by atoms with Crippen LogP contribution < -0.4 is 5.73 Å². The lowest BCUT2D eigenvalue weighted by atomic mass is 10.1. The van der Waals surface area contributed by atoms with Crippen molar-refractivity contribution in [2.45, 2.75) is 13.0 Å². The minimum absolute atomic E-state index is 0.432. The van der Waals surface area contributed by atoms with Crippen LogP contribution in [0.15, 0.2) is 18.3 Å². The Bertz CT molecular complexity index is 327. The van der Waals surface area contributed by atoms with E-state index in [2.05, 4.69) is 34.8 Å². The van der Waals surface area contributed by atoms with Gasteiger partial charge in [-0.15, -0.1) is 0 Å². The number of piperazine rings is 1. The van der Waals surface area contributed by atoms with Gasteiger partial charge in [0.15, 0.2) is 0 Å². The van der Waals surface area contributed by atoms with Gasteiger partial charge in [0.1, 0.15) is 5.82 Å². The standard InChI is InChI=1S/C12H20N4/c1-10(11-3-4-12(13)14-9-11)16-7-5-15(2)6-8-16/h3-4,9-10H,5-8H2,1-2H3,(H2,13,14). The molecule has 0 spiro atoms. The zero-order valence-corrected chi connectivity index (χ0v) is 10.1. The molecule has 1 atom stereocenters. The van der Waals surface area contributed by atoms with Gasteiger partial charge in [-0.1, -0.05) is 6.07 Å². The number of hydrogen-bond acceptors (Lipinski definition) is 4. The molecule has 4 heteroatoms. The van der Waals surface area contributed by atoms with Gasteiger partial charge in [0.2, 0.25) is 0 Å². The van der Waals surface area contributed by atoms with Gasteiger partial charge in [0.05, 0.1) is 0 Å². The van der Waals surface area contributed by atoms with Gasteiger partial charge in [0, 0.05) is 38.4 Å². The van der Waals surface area contributed by atoms with Gasteiger partial charge in [-0.25, -0.2) is 4.98 Å². The summed E-state index contributed by atoms with van der Waals surface area (Å²) in [4.78, 5) is 9.01. The highest BCUT2D eigenvalue weighted by Crippen LogP contribution is 2.20. The Morgan fingerprint density at radius 3 is 2.50 bits per heavy atom. The first kappa shape index (κ1) is 11.4. The van der Waals surface area contributed by atoms with E-state index in [9.17, 15) is 0 Å². The molecule has 0 radical (unpaired) electrons. The van der Waals surface area contributed by atoms with E-state index in [1.54, 1.807) is 0 Å². The lowest BCUT2D eigenvalue weighted by molar-refractivity contribution is 0.119. The lowest BCUT2D eigenvalue weighted by Crippen LogP contribution is -2.45. The summed E-state index contributed by atoms with van der Waals surface area (Å²) in [5.41, 5.74) is 6.84. The van der Waals surface area contributed by atoms with Crippen LogP contribution in [0.2, 0.25) is 0 Å². The third-order valence-electron chi connectivity index (χ3n) is 3.38. The summed E-state index contributed by atoms with van der Waals surface area (Å²) in [5.74, 6) is 0.592. The molecule has 88 valence electrons. The van der Waals surface area contributed by atoms with Crippen LogP contribution in [0.3, 0.4) is 0 Å². The number of nitrogen functional groups attached to an aromatic ring is 1. The molecule has 2 heterocycles. The molecule has 1 aromatic heterocycles. The third kappa shape index (κ3) is 2.51. The average molecular weight is 220 g/mol. The van der Waals surface area contributed by atoms with Crippen molar-refractivity contribution in [3.05, 3.63) is 23.9 Å². The molecule has 16 heavy (non-hydrogen) atoms. The zero-order chi connectivity index (χ0) is 11.5. The molecule has 0 aromatic carbocycles. The van der Waals surface area contributed by atoms with Crippen LogP contribution in [0.25, 0.3) is 0 Å². The normalized spacial score (nSPS) is 20.9. The summed E-state index contributed by atoms with van der Waals surface area (Å²) in [5, 5.41) is 0. The molecule has 1 aliphatic rings. The summed E-state index contributed by atoms with van der Waals surface area (Å²) in [6, 6.07) is 4.38. The van der Waals surface area contributed by atoms with Crippen LogP contribution in [-0.4, -0.2) is 48.0 Å². The van der Waals surface area contributed by atoms with E-state index in [4.69, 9.17) is 5.73 Å². The van der Waals surface area contributed by atoms with E-state index in [0.717, 1.165) is 26.2 Å². The quantitative estimate of drug-likeness (QED) is 0.807. The molecule has 1 aliphatic heterocycles. The third-order valence-corrected chi connectivity index (χ3v) is 3.38. The van der Waals surface area contributed by atoms with Crippen molar-refractivity contribution in [2.24, 2.45) is 0 Å². The van der Waals surface area contributed by atoms with E-state index >= 15 is 0 Å². The second-order valence-corrected chi connectivity index (χ2v) is 4.53. The van der Waals surface area contributed by atoms with Crippen molar-refractivity contribution in [1.82, 2.24) is 14.8 Å². The maximum atomic E-state index is 5.59. The predicted molar refractivity (Wildman–Crippen MR) is 66.1 cm³/mol. The Kier molecular flexibility index (Phi) is 3.41. The second kappa shape index (κ2) is 4.80. The minimum atomic E-state index is 0.432. The monoisotopic (exact) mass is 220 g/mol. The van der Waals surface area contributed by atoms with Crippen molar-refractivity contribution >= 4 is 5.82 Å². The molecule has 1 aromatic rings. The molecule has 1 fully saturated rings. The molecule has 1 unspecified atom stereocenters. The molecule has 0 saturated carbocycles. The number of nitrogens with two attached hydrogens (primary N) is 1. The smallest absolute Gasteiger partial charge is 0.123 e. The van der Waals surface area contributed by atoms with Crippen molar-refractivity contribution in [3.8, 4) is 0 Å². The van der Waals surface area contributed by atoms with Gasteiger partial charge >= 0.3 is 0 Å². The van der Waals surface area contributed by atoms with E-state index < -0.39 is 0 Å². The molecule has 2 N–H and O–H groups in total. The van der Waals surface area contributed by atoms with Crippen molar-refractivity contribution in [2.75, 3.05) is 39.0 Å². The fraction of sp³-hybridized carbons (Fsp3) is 0.583. The average Bonchev–Trinajstić information content (AvgIpc) is 2.30. The molecule has 0 aliphatic carbocycles. The highest BCUT2D eigenvalue weighted by atomic mass is 15.3. The molecular formula is C12H20N4. The van der Waals surface area contributed by atoms with Crippen LogP contribution >= 0.6 is 0 Å². The molecular weight excluding hydrogens is 200 g/mol. The maximum Gasteiger partial charge on any atom is 0.123 e. The first-order valence-corrected chi connectivity index (χ1v) is 5.81. The predicted octanol–water partition coefficient (Wildman–Crippen LogP) is 0.972. The van der Waals surface area contributed by atoms with Crippen LogP contribution in [0, 0.1) is 0 Å². The van der Waals surface area contributed by atoms with Crippen molar-refractivity contribution in [1.29, 1.82) is 0 Å². The summed E-state index contributed by atoms with van der Waals surface area (Å²) >= 11 is 0. The van der Waals surface area contributed by atoms with Crippen molar-refractivity contribution < 1.29 is 0 Å². The van der Waals surface area contributed by atoms with Gasteiger partial charge in [-0.05, 0) is 25.6 Å². The van der Waals surface area contributed by atoms with Crippen LogP contribution in [-0.2, 0) is 0 Å². The van der Waals surface area contributed by atoms with Crippen molar-refractivity contribution in [3.63, 3.8) is 0 Å². The topological polar surface area (TPSA) is 45.4 Å². The lowest BCUT2D eigenvalue weighted by Gasteiger charge is -2.36. The van der Waals surface area contributed by atoms with Gasteiger partial charge in [-0.2, -0.15) is 0 Å². The van der Waals surface area contributed by atoms with E-state index in [0.29, 0.717) is 11.9 Å². The summed E-state index contributed by atoms with van der Waals surface area (Å²) in [6.07, 6.45) is 1.89. The molecule has 0 amide bonds. The SMILES string of the molecule is CC(c1ccc(N)nc1)N1CCN(C)CC1. The number of nitrogens with zero attached hydrogens (tertiary/aromatic N) is 3. The van der Waals surface area contributed by atoms with Crippen LogP contribution in [0.5, 0.6) is 0 Å².